The molecular weight excluding hydrogens is 439 g/mol. The van der Waals surface area contributed by atoms with Crippen molar-refractivity contribution in [1.82, 2.24) is 9.88 Å². The molecule has 3 rings (SSSR count). The standard InChI is InChI=1S/C21H19F5N2O4/c1-10(2)31-18(30)12-8-28(17(29)11-5-6-13(22)14(23)7-11)9-20(3,4)16-15(12)32-19(27-16)21(24,25)26/h5-8,10H,9H2,1-4H3. The predicted molar refractivity (Wildman–Crippen MR) is 101 cm³/mol. The first kappa shape index (κ1) is 23.4. The minimum atomic E-state index is -4.91. The fourth-order valence-corrected chi connectivity index (χ4v) is 3.19. The summed E-state index contributed by atoms with van der Waals surface area (Å²) in [6.07, 6.45) is -4.55. The van der Waals surface area contributed by atoms with E-state index in [1.165, 1.54) is 27.7 Å². The molecule has 11 heteroatoms. The maximum Gasteiger partial charge on any atom is 0.468 e. The Morgan fingerprint density at radius 3 is 2.41 bits per heavy atom. The van der Waals surface area contributed by atoms with E-state index in [4.69, 9.17) is 9.15 Å². The molecule has 1 aromatic carbocycles. The summed E-state index contributed by atoms with van der Waals surface area (Å²) in [5.41, 5.74) is -2.10. The Morgan fingerprint density at radius 2 is 1.84 bits per heavy atom. The Kier molecular flexibility index (Phi) is 5.88. The van der Waals surface area contributed by atoms with Crippen LogP contribution in [0.15, 0.2) is 28.8 Å². The average molecular weight is 458 g/mol. The molecular formula is C21H19F5N2O4. The summed E-state index contributed by atoms with van der Waals surface area (Å²) in [7, 11) is 0. The van der Waals surface area contributed by atoms with Crippen LogP contribution >= 0.6 is 0 Å². The van der Waals surface area contributed by atoms with Gasteiger partial charge in [-0.1, -0.05) is 13.8 Å². The van der Waals surface area contributed by atoms with Gasteiger partial charge in [-0.15, -0.1) is 0 Å². The van der Waals surface area contributed by atoms with Gasteiger partial charge in [-0.05, 0) is 32.0 Å². The zero-order valence-electron chi connectivity index (χ0n) is 17.5. The molecule has 0 saturated heterocycles. The summed E-state index contributed by atoms with van der Waals surface area (Å²) in [4.78, 5) is 30.3. The number of hydrogen-bond donors (Lipinski definition) is 0. The number of fused-ring (bicyclic) bond motifs is 1. The zero-order chi connectivity index (χ0) is 24.0. The van der Waals surface area contributed by atoms with Crippen molar-refractivity contribution in [2.45, 2.75) is 45.4 Å². The number of carbonyl (C=O) groups is 2. The molecule has 1 aromatic heterocycles. The van der Waals surface area contributed by atoms with E-state index in [1.807, 2.05) is 0 Å². The molecule has 6 nitrogen and oxygen atoms in total. The number of aromatic nitrogens is 1. The van der Waals surface area contributed by atoms with Crippen molar-refractivity contribution in [3.05, 3.63) is 58.9 Å². The molecule has 0 bridgehead atoms. The van der Waals surface area contributed by atoms with Crippen molar-refractivity contribution in [1.29, 1.82) is 0 Å². The van der Waals surface area contributed by atoms with E-state index >= 15 is 0 Å². The van der Waals surface area contributed by atoms with Gasteiger partial charge in [-0.2, -0.15) is 13.2 Å². The Morgan fingerprint density at radius 1 is 1.19 bits per heavy atom. The van der Waals surface area contributed by atoms with Crippen LogP contribution in [0.2, 0.25) is 0 Å². The molecule has 0 N–H and O–H groups in total. The van der Waals surface area contributed by atoms with Gasteiger partial charge in [0.25, 0.3) is 5.91 Å². The molecule has 2 heterocycles. The van der Waals surface area contributed by atoms with Crippen LogP contribution in [-0.4, -0.2) is 34.4 Å². The summed E-state index contributed by atoms with van der Waals surface area (Å²) in [5, 5.41) is 0. The first-order valence-corrected chi connectivity index (χ1v) is 9.48. The number of carbonyl (C=O) groups excluding carboxylic acids is 2. The topological polar surface area (TPSA) is 72.6 Å². The Hall–Kier alpha value is -3.24. The van der Waals surface area contributed by atoms with E-state index in [0.717, 1.165) is 23.2 Å². The molecule has 0 fully saturated rings. The summed E-state index contributed by atoms with van der Waals surface area (Å²) < 4.78 is 76.7. The minimum absolute atomic E-state index is 0.197. The lowest BCUT2D eigenvalue weighted by atomic mass is 9.87. The van der Waals surface area contributed by atoms with Crippen LogP contribution in [-0.2, 0) is 21.1 Å². The van der Waals surface area contributed by atoms with Gasteiger partial charge in [-0.3, -0.25) is 4.79 Å². The number of alkyl halides is 3. The molecule has 1 amide bonds. The van der Waals surface area contributed by atoms with Crippen LogP contribution in [0.1, 0.15) is 55.4 Å². The van der Waals surface area contributed by atoms with E-state index in [9.17, 15) is 31.5 Å². The summed E-state index contributed by atoms with van der Waals surface area (Å²) in [5.74, 6) is -6.28. The Balaban J connectivity index is 2.16. The summed E-state index contributed by atoms with van der Waals surface area (Å²) in [6, 6.07) is 2.51. The van der Waals surface area contributed by atoms with Crippen LogP contribution in [0.25, 0.3) is 5.57 Å². The van der Waals surface area contributed by atoms with Crippen molar-refractivity contribution >= 4 is 17.4 Å². The number of ether oxygens (including phenoxy) is 1. The monoisotopic (exact) mass is 458 g/mol. The van der Waals surface area contributed by atoms with Gasteiger partial charge >= 0.3 is 18.0 Å². The lowest BCUT2D eigenvalue weighted by Crippen LogP contribution is -2.37. The smallest absolute Gasteiger partial charge is 0.459 e. The molecule has 0 saturated carbocycles. The zero-order valence-corrected chi connectivity index (χ0v) is 17.5. The number of oxazole rings is 1. The van der Waals surface area contributed by atoms with Crippen molar-refractivity contribution in [2.24, 2.45) is 0 Å². The average Bonchev–Trinajstić information content (AvgIpc) is 3.08. The molecule has 0 unspecified atom stereocenters. The van der Waals surface area contributed by atoms with Gasteiger partial charge in [0.1, 0.15) is 5.57 Å². The van der Waals surface area contributed by atoms with E-state index in [-0.39, 0.29) is 17.8 Å². The van der Waals surface area contributed by atoms with Crippen LogP contribution in [0, 0.1) is 11.6 Å². The largest absolute Gasteiger partial charge is 0.468 e. The third-order valence-electron chi connectivity index (χ3n) is 4.60. The van der Waals surface area contributed by atoms with Gasteiger partial charge in [0.05, 0.1) is 11.8 Å². The first-order valence-electron chi connectivity index (χ1n) is 9.48. The van der Waals surface area contributed by atoms with Gasteiger partial charge in [0.15, 0.2) is 17.4 Å². The van der Waals surface area contributed by atoms with Gasteiger partial charge in [0.2, 0.25) is 0 Å². The summed E-state index contributed by atoms with van der Waals surface area (Å²) in [6.45, 7) is 5.84. The maximum atomic E-state index is 13.6. The number of benzene rings is 1. The number of nitrogens with zero attached hydrogens (tertiary/aromatic N) is 2. The number of esters is 1. The van der Waals surface area contributed by atoms with E-state index < -0.39 is 58.4 Å². The van der Waals surface area contributed by atoms with Crippen LogP contribution in [0.3, 0.4) is 0 Å². The van der Waals surface area contributed by atoms with E-state index in [1.54, 1.807) is 0 Å². The quantitative estimate of drug-likeness (QED) is 0.493. The number of hydrogen-bond acceptors (Lipinski definition) is 5. The third-order valence-corrected chi connectivity index (χ3v) is 4.60. The first-order chi connectivity index (χ1) is 14.7. The second-order valence-electron chi connectivity index (χ2n) is 8.14. The normalized spacial score (nSPS) is 15.8. The van der Waals surface area contributed by atoms with Gasteiger partial charge in [0, 0.05) is 23.7 Å². The van der Waals surface area contributed by atoms with Crippen LogP contribution < -0.4 is 0 Å². The lowest BCUT2D eigenvalue weighted by Gasteiger charge is -2.28. The molecule has 32 heavy (non-hydrogen) atoms. The highest BCUT2D eigenvalue weighted by Crippen LogP contribution is 2.40. The second-order valence-corrected chi connectivity index (χ2v) is 8.14. The van der Waals surface area contributed by atoms with Gasteiger partial charge in [-0.25, -0.2) is 18.6 Å². The fraction of sp³-hybridized carbons (Fsp3) is 0.381. The molecule has 1 aliphatic rings. The van der Waals surface area contributed by atoms with Crippen molar-refractivity contribution in [3.63, 3.8) is 0 Å². The predicted octanol–water partition coefficient (Wildman–Crippen LogP) is 4.70. The molecule has 172 valence electrons. The Labute approximate surface area is 179 Å². The molecule has 0 spiro atoms. The highest BCUT2D eigenvalue weighted by molar-refractivity contribution is 6.16. The maximum absolute atomic E-state index is 13.6. The van der Waals surface area contributed by atoms with Crippen molar-refractivity contribution < 1.29 is 40.7 Å². The Bertz CT molecular complexity index is 1100. The SMILES string of the molecule is CC(C)OC(=O)C1=CN(C(=O)c2ccc(F)c(F)c2)CC(C)(C)c2nc(C(F)(F)F)oc21. The van der Waals surface area contributed by atoms with Crippen molar-refractivity contribution in [3.8, 4) is 0 Å². The van der Waals surface area contributed by atoms with Gasteiger partial charge < -0.3 is 14.1 Å². The van der Waals surface area contributed by atoms with Crippen LogP contribution in [0.5, 0.6) is 0 Å². The minimum Gasteiger partial charge on any atom is -0.459 e. The lowest BCUT2D eigenvalue weighted by molar-refractivity contribution is -0.157. The fourth-order valence-electron chi connectivity index (χ4n) is 3.19. The van der Waals surface area contributed by atoms with Crippen molar-refractivity contribution in [2.75, 3.05) is 6.54 Å². The number of halogens is 5. The summed E-state index contributed by atoms with van der Waals surface area (Å²) >= 11 is 0. The molecule has 0 aliphatic carbocycles. The highest BCUT2D eigenvalue weighted by Gasteiger charge is 2.45. The molecule has 1 aliphatic heterocycles. The van der Waals surface area contributed by atoms with E-state index in [0.29, 0.717) is 6.07 Å². The molecule has 0 radical (unpaired) electrons. The third kappa shape index (κ3) is 4.51. The second kappa shape index (κ2) is 8.03. The molecule has 0 atom stereocenters. The highest BCUT2D eigenvalue weighted by atomic mass is 19.4. The molecule has 2 aromatic rings. The van der Waals surface area contributed by atoms with E-state index in [2.05, 4.69) is 4.98 Å². The number of amides is 1. The van der Waals surface area contributed by atoms with Crippen LogP contribution in [0.4, 0.5) is 22.0 Å². The number of rotatable bonds is 3.